The molecular formula is C18H25N3O2. The second kappa shape index (κ2) is 7.83. The number of nitrogens with one attached hydrogen (secondary N) is 2. The van der Waals surface area contributed by atoms with Gasteiger partial charge in [0.15, 0.2) is 0 Å². The number of hydrogen-bond acceptors (Lipinski definition) is 3. The van der Waals surface area contributed by atoms with Crippen LogP contribution in [0.15, 0.2) is 30.3 Å². The molecule has 5 nitrogen and oxygen atoms in total. The Morgan fingerprint density at radius 1 is 1.17 bits per heavy atom. The molecule has 23 heavy (non-hydrogen) atoms. The summed E-state index contributed by atoms with van der Waals surface area (Å²) in [6.07, 6.45) is 0.916. The predicted molar refractivity (Wildman–Crippen MR) is 92.7 cm³/mol. The average Bonchev–Trinajstić information content (AvgIpc) is 2.86. The molecule has 0 aliphatic rings. The Hall–Kier alpha value is -2.27. The average molecular weight is 315 g/mol. The van der Waals surface area contributed by atoms with Crippen LogP contribution in [0.25, 0.3) is 5.69 Å². The summed E-state index contributed by atoms with van der Waals surface area (Å²) in [7, 11) is 3.56. The lowest BCUT2D eigenvalue weighted by Gasteiger charge is -2.11. The highest BCUT2D eigenvalue weighted by Crippen LogP contribution is 2.22. The molecule has 0 saturated carbocycles. The molecule has 1 aromatic carbocycles. The standard InChI is InChI=1S/C18H25N3O2/c1-13-12-17(18(22)20-11-5-10-19-3)14(2)21(13)15-6-8-16(23-4)9-7-15/h6-9,12,19H,5,10-11H2,1-4H3,(H,20,22). The molecule has 0 aliphatic heterocycles. The third-order valence-corrected chi connectivity index (χ3v) is 3.90. The second-order valence-electron chi connectivity index (χ2n) is 5.53. The van der Waals surface area contributed by atoms with E-state index in [-0.39, 0.29) is 5.91 Å². The van der Waals surface area contributed by atoms with E-state index in [1.165, 1.54) is 0 Å². The molecule has 2 aromatic rings. The van der Waals surface area contributed by atoms with Gasteiger partial charge in [0.1, 0.15) is 5.75 Å². The number of ether oxygens (including phenoxy) is 1. The number of rotatable bonds is 7. The quantitative estimate of drug-likeness (QED) is 0.772. The molecule has 1 heterocycles. The van der Waals surface area contributed by atoms with E-state index >= 15 is 0 Å². The van der Waals surface area contributed by atoms with Gasteiger partial charge in [-0.2, -0.15) is 0 Å². The molecule has 0 aliphatic carbocycles. The van der Waals surface area contributed by atoms with E-state index in [4.69, 9.17) is 4.74 Å². The minimum atomic E-state index is -0.0195. The zero-order chi connectivity index (χ0) is 16.8. The van der Waals surface area contributed by atoms with Crippen molar-refractivity contribution in [3.63, 3.8) is 0 Å². The molecule has 0 fully saturated rings. The van der Waals surface area contributed by atoms with Gasteiger partial charge in [-0.05, 0) is 64.2 Å². The largest absolute Gasteiger partial charge is 0.497 e. The first-order chi connectivity index (χ1) is 11.1. The van der Waals surface area contributed by atoms with Crippen LogP contribution in [-0.4, -0.2) is 37.7 Å². The first-order valence-electron chi connectivity index (χ1n) is 7.84. The van der Waals surface area contributed by atoms with Crippen molar-refractivity contribution in [2.75, 3.05) is 27.2 Å². The fourth-order valence-electron chi connectivity index (χ4n) is 2.68. The lowest BCUT2D eigenvalue weighted by molar-refractivity contribution is 0.0952. The van der Waals surface area contributed by atoms with Crippen LogP contribution in [0.5, 0.6) is 5.75 Å². The Bertz CT molecular complexity index is 660. The maximum Gasteiger partial charge on any atom is 0.253 e. The molecule has 0 unspecified atom stereocenters. The van der Waals surface area contributed by atoms with Gasteiger partial charge in [0.05, 0.1) is 12.7 Å². The van der Waals surface area contributed by atoms with E-state index in [2.05, 4.69) is 15.2 Å². The number of amides is 1. The molecule has 2 rings (SSSR count). The van der Waals surface area contributed by atoms with Gasteiger partial charge >= 0.3 is 0 Å². The number of aromatic nitrogens is 1. The van der Waals surface area contributed by atoms with Crippen molar-refractivity contribution >= 4 is 5.91 Å². The van der Waals surface area contributed by atoms with Crippen molar-refractivity contribution < 1.29 is 9.53 Å². The van der Waals surface area contributed by atoms with Crippen LogP contribution in [0, 0.1) is 13.8 Å². The zero-order valence-electron chi connectivity index (χ0n) is 14.3. The van der Waals surface area contributed by atoms with Crippen molar-refractivity contribution in [1.82, 2.24) is 15.2 Å². The molecule has 2 N–H and O–H groups in total. The van der Waals surface area contributed by atoms with Gasteiger partial charge in [-0.1, -0.05) is 0 Å². The highest BCUT2D eigenvalue weighted by atomic mass is 16.5. The summed E-state index contributed by atoms with van der Waals surface area (Å²) >= 11 is 0. The van der Waals surface area contributed by atoms with E-state index in [0.717, 1.165) is 41.4 Å². The zero-order valence-corrected chi connectivity index (χ0v) is 14.3. The van der Waals surface area contributed by atoms with Gasteiger partial charge in [-0.15, -0.1) is 0 Å². The summed E-state index contributed by atoms with van der Waals surface area (Å²) in [5, 5.41) is 6.04. The summed E-state index contributed by atoms with van der Waals surface area (Å²) in [5.41, 5.74) is 3.73. The van der Waals surface area contributed by atoms with Crippen molar-refractivity contribution in [1.29, 1.82) is 0 Å². The SMILES string of the molecule is CNCCCNC(=O)c1cc(C)n(-c2ccc(OC)cc2)c1C. The number of carbonyl (C=O) groups is 1. The molecule has 1 amide bonds. The normalized spacial score (nSPS) is 10.6. The van der Waals surface area contributed by atoms with Crippen LogP contribution >= 0.6 is 0 Å². The number of hydrogen-bond donors (Lipinski definition) is 2. The topological polar surface area (TPSA) is 55.3 Å². The van der Waals surface area contributed by atoms with Crippen LogP contribution in [0.2, 0.25) is 0 Å². The highest BCUT2D eigenvalue weighted by molar-refractivity contribution is 5.95. The minimum Gasteiger partial charge on any atom is -0.497 e. The van der Waals surface area contributed by atoms with Crippen molar-refractivity contribution in [3.05, 3.63) is 47.3 Å². The molecule has 5 heteroatoms. The molecule has 0 radical (unpaired) electrons. The van der Waals surface area contributed by atoms with Crippen LogP contribution in [0.4, 0.5) is 0 Å². The number of nitrogens with zero attached hydrogens (tertiary/aromatic N) is 1. The maximum absolute atomic E-state index is 12.4. The molecular weight excluding hydrogens is 290 g/mol. The monoisotopic (exact) mass is 315 g/mol. The van der Waals surface area contributed by atoms with Gasteiger partial charge in [0.25, 0.3) is 5.91 Å². The van der Waals surface area contributed by atoms with E-state index in [1.54, 1.807) is 7.11 Å². The van der Waals surface area contributed by atoms with Crippen LogP contribution in [0.3, 0.4) is 0 Å². The fraction of sp³-hybridized carbons (Fsp3) is 0.389. The first kappa shape index (κ1) is 17.1. The number of carbonyl (C=O) groups excluding carboxylic acids is 1. The third kappa shape index (κ3) is 3.93. The molecule has 0 atom stereocenters. The van der Waals surface area contributed by atoms with Gasteiger partial charge < -0.3 is 19.9 Å². The summed E-state index contributed by atoms with van der Waals surface area (Å²) in [5.74, 6) is 0.799. The number of benzene rings is 1. The Balaban J connectivity index is 2.19. The third-order valence-electron chi connectivity index (χ3n) is 3.90. The Morgan fingerprint density at radius 3 is 2.48 bits per heavy atom. The minimum absolute atomic E-state index is 0.0195. The summed E-state index contributed by atoms with van der Waals surface area (Å²) in [6.45, 7) is 5.55. The molecule has 124 valence electrons. The van der Waals surface area contributed by atoms with Crippen molar-refractivity contribution in [3.8, 4) is 11.4 Å². The molecule has 0 saturated heterocycles. The summed E-state index contributed by atoms with van der Waals surface area (Å²) in [6, 6.07) is 9.77. The smallest absolute Gasteiger partial charge is 0.253 e. The van der Waals surface area contributed by atoms with Gasteiger partial charge in [0, 0.05) is 23.6 Å². The Morgan fingerprint density at radius 2 is 1.87 bits per heavy atom. The lowest BCUT2D eigenvalue weighted by atomic mass is 10.2. The van der Waals surface area contributed by atoms with Gasteiger partial charge in [-0.25, -0.2) is 0 Å². The van der Waals surface area contributed by atoms with Crippen molar-refractivity contribution in [2.24, 2.45) is 0 Å². The Labute approximate surface area is 137 Å². The van der Waals surface area contributed by atoms with E-state index < -0.39 is 0 Å². The summed E-state index contributed by atoms with van der Waals surface area (Å²) in [4.78, 5) is 12.4. The summed E-state index contributed by atoms with van der Waals surface area (Å²) < 4.78 is 7.28. The maximum atomic E-state index is 12.4. The van der Waals surface area contributed by atoms with Crippen molar-refractivity contribution in [2.45, 2.75) is 20.3 Å². The van der Waals surface area contributed by atoms with E-state index in [9.17, 15) is 4.79 Å². The molecule has 0 spiro atoms. The van der Waals surface area contributed by atoms with Gasteiger partial charge in [-0.3, -0.25) is 4.79 Å². The lowest BCUT2D eigenvalue weighted by Crippen LogP contribution is -2.26. The predicted octanol–water partition coefficient (Wildman–Crippen LogP) is 2.44. The Kier molecular flexibility index (Phi) is 5.82. The first-order valence-corrected chi connectivity index (χ1v) is 7.84. The van der Waals surface area contributed by atoms with E-state index in [0.29, 0.717) is 6.54 Å². The highest BCUT2D eigenvalue weighted by Gasteiger charge is 2.16. The molecule has 0 bridgehead atoms. The van der Waals surface area contributed by atoms with Crippen LogP contribution in [0.1, 0.15) is 28.2 Å². The van der Waals surface area contributed by atoms with Gasteiger partial charge in [0.2, 0.25) is 0 Å². The molecule has 1 aromatic heterocycles. The van der Waals surface area contributed by atoms with E-state index in [1.807, 2.05) is 51.2 Å². The van der Waals surface area contributed by atoms with Crippen LogP contribution < -0.4 is 15.4 Å². The number of aryl methyl sites for hydroxylation is 1. The number of methoxy groups -OCH3 is 1. The van der Waals surface area contributed by atoms with Crippen LogP contribution in [-0.2, 0) is 0 Å². The fourth-order valence-corrected chi connectivity index (χ4v) is 2.68. The second-order valence-corrected chi connectivity index (χ2v) is 5.53.